The summed E-state index contributed by atoms with van der Waals surface area (Å²) in [4.78, 5) is 0. The SMILES string of the molecule is CCCCCCc1ccc2ccccc2c1C(C)C. The summed E-state index contributed by atoms with van der Waals surface area (Å²) in [5.74, 6) is 0.604. The Morgan fingerprint density at radius 2 is 1.68 bits per heavy atom. The number of benzene rings is 2. The molecule has 2 aromatic rings. The first-order chi connectivity index (χ1) is 9.24. The molecule has 0 bridgehead atoms. The Kier molecular flexibility index (Phi) is 5.01. The van der Waals surface area contributed by atoms with Crippen LogP contribution >= 0.6 is 0 Å². The molecule has 0 amide bonds. The van der Waals surface area contributed by atoms with Crippen molar-refractivity contribution in [2.45, 2.75) is 58.8 Å². The van der Waals surface area contributed by atoms with E-state index in [4.69, 9.17) is 0 Å². The van der Waals surface area contributed by atoms with Crippen LogP contribution in [-0.4, -0.2) is 0 Å². The Balaban J connectivity index is 2.29. The van der Waals surface area contributed by atoms with Crippen LogP contribution < -0.4 is 0 Å². The van der Waals surface area contributed by atoms with Crippen molar-refractivity contribution in [3.05, 3.63) is 47.5 Å². The van der Waals surface area contributed by atoms with Gasteiger partial charge in [0.15, 0.2) is 0 Å². The molecule has 0 aliphatic heterocycles. The van der Waals surface area contributed by atoms with E-state index >= 15 is 0 Å². The van der Waals surface area contributed by atoms with Crippen molar-refractivity contribution < 1.29 is 0 Å². The average molecular weight is 254 g/mol. The number of unbranched alkanes of at least 4 members (excludes halogenated alkanes) is 3. The van der Waals surface area contributed by atoms with Gasteiger partial charge in [0.05, 0.1) is 0 Å². The second-order valence-electron chi connectivity index (χ2n) is 5.82. The van der Waals surface area contributed by atoms with E-state index in [1.54, 1.807) is 11.1 Å². The molecular formula is C19H26. The van der Waals surface area contributed by atoms with E-state index in [0.717, 1.165) is 0 Å². The molecule has 0 saturated carbocycles. The number of aryl methyl sites for hydroxylation is 1. The maximum atomic E-state index is 2.35. The number of fused-ring (bicyclic) bond motifs is 1. The van der Waals surface area contributed by atoms with E-state index in [2.05, 4.69) is 57.2 Å². The van der Waals surface area contributed by atoms with Crippen molar-refractivity contribution >= 4 is 10.8 Å². The summed E-state index contributed by atoms with van der Waals surface area (Å²) in [6.07, 6.45) is 6.60. The van der Waals surface area contributed by atoms with Crippen LogP contribution in [-0.2, 0) is 6.42 Å². The highest BCUT2D eigenvalue weighted by molar-refractivity contribution is 5.87. The first-order valence-corrected chi connectivity index (χ1v) is 7.74. The molecule has 102 valence electrons. The van der Waals surface area contributed by atoms with Crippen molar-refractivity contribution in [1.29, 1.82) is 0 Å². The smallest absolute Gasteiger partial charge is 0.0147 e. The van der Waals surface area contributed by atoms with Gasteiger partial charge in [-0.3, -0.25) is 0 Å². The van der Waals surface area contributed by atoms with E-state index in [9.17, 15) is 0 Å². The number of rotatable bonds is 6. The van der Waals surface area contributed by atoms with E-state index in [-0.39, 0.29) is 0 Å². The van der Waals surface area contributed by atoms with Gasteiger partial charge >= 0.3 is 0 Å². The summed E-state index contributed by atoms with van der Waals surface area (Å²) < 4.78 is 0. The number of hydrogen-bond donors (Lipinski definition) is 0. The molecule has 0 saturated heterocycles. The van der Waals surface area contributed by atoms with Gasteiger partial charge in [-0.05, 0) is 40.7 Å². The van der Waals surface area contributed by atoms with Gasteiger partial charge in [-0.25, -0.2) is 0 Å². The minimum absolute atomic E-state index is 0.604. The highest BCUT2D eigenvalue weighted by Crippen LogP contribution is 2.30. The molecule has 0 nitrogen and oxygen atoms in total. The molecule has 0 unspecified atom stereocenters. The fourth-order valence-corrected chi connectivity index (χ4v) is 2.98. The van der Waals surface area contributed by atoms with E-state index in [1.165, 1.54) is 42.9 Å². The summed E-state index contributed by atoms with van der Waals surface area (Å²) in [6, 6.07) is 13.4. The van der Waals surface area contributed by atoms with Crippen molar-refractivity contribution in [3.8, 4) is 0 Å². The first-order valence-electron chi connectivity index (χ1n) is 7.74. The highest BCUT2D eigenvalue weighted by Gasteiger charge is 2.10. The molecule has 0 N–H and O–H groups in total. The van der Waals surface area contributed by atoms with Crippen LogP contribution in [0, 0.1) is 0 Å². The van der Waals surface area contributed by atoms with Gasteiger partial charge in [-0.15, -0.1) is 0 Å². The molecule has 0 radical (unpaired) electrons. The zero-order valence-electron chi connectivity index (χ0n) is 12.6. The third-order valence-corrected chi connectivity index (χ3v) is 3.94. The maximum absolute atomic E-state index is 2.35. The van der Waals surface area contributed by atoms with E-state index in [1.807, 2.05) is 0 Å². The summed E-state index contributed by atoms with van der Waals surface area (Å²) >= 11 is 0. The van der Waals surface area contributed by atoms with Crippen molar-refractivity contribution in [3.63, 3.8) is 0 Å². The van der Waals surface area contributed by atoms with Crippen LogP contribution in [0.25, 0.3) is 10.8 Å². The van der Waals surface area contributed by atoms with Crippen molar-refractivity contribution in [2.75, 3.05) is 0 Å². The molecule has 0 aromatic heterocycles. The Morgan fingerprint density at radius 3 is 2.42 bits per heavy atom. The lowest BCUT2D eigenvalue weighted by Crippen LogP contribution is -1.98. The molecule has 2 aromatic carbocycles. The molecule has 2 rings (SSSR count). The summed E-state index contributed by atoms with van der Waals surface area (Å²) in [7, 11) is 0. The summed E-state index contributed by atoms with van der Waals surface area (Å²) in [5.41, 5.74) is 3.12. The molecule has 0 aliphatic carbocycles. The molecule has 0 aliphatic rings. The fourth-order valence-electron chi connectivity index (χ4n) is 2.98. The average Bonchev–Trinajstić information content (AvgIpc) is 2.42. The van der Waals surface area contributed by atoms with Gasteiger partial charge in [0.25, 0.3) is 0 Å². The van der Waals surface area contributed by atoms with Gasteiger partial charge in [-0.2, -0.15) is 0 Å². The van der Waals surface area contributed by atoms with Gasteiger partial charge in [-0.1, -0.05) is 76.4 Å². The molecule has 19 heavy (non-hydrogen) atoms. The van der Waals surface area contributed by atoms with Crippen LogP contribution in [0.15, 0.2) is 36.4 Å². The molecule has 0 heteroatoms. The monoisotopic (exact) mass is 254 g/mol. The third-order valence-electron chi connectivity index (χ3n) is 3.94. The van der Waals surface area contributed by atoms with Crippen LogP contribution in [0.3, 0.4) is 0 Å². The normalized spacial score (nSPS) is 11.4. The number of hydrogen-bond acceptors (Lipinski definition) is 0. The van der Waals surface area contributed by atoms with Crippen LogP contribution in [0.4, 0.5) is 0 Å². The minimum atomic E-state index is 0.604. The van der Waals surface area contributed by atoms with E-state index in [0.29, 0.717) is 5.92 Å². The standard InChI is InChI=1S/C19H26/c1-4-5-6-7-11-17-14-13-16-10-8-9-12-18(16)19(17)15(2)3/h8-10,12-15H,4-7,11H2,1-3H3. The molecular weight excluding hydrogens is 228 g/mol. The Labute approximate surface area is 117 Å². The highest BCUT2D eigenvalue weighted by atomic mass is 14.1. The third kappa shape index (κ3) is 3.37. The van der Waals surface area contributed by atoms with Crippen molar-refractivity contribution in [2.24, 2.45) is 0 Å². The van der Waals surface area contributed by atoms with Crippen molar-refractivity contribution in [1.82, 2.24) is 0 Å². The zero-order valence-corrected chi connectivity index (χ0v) is 12.6. The topological polar surface area (TPSA) is 0 Å². The quantitative estimate of drug-likeness (QED) is 0.547. The molecule has 0 atom stereocenters. The van der Waals surface area contributed by atoms with E-state index < -0.39 is 0 Å². The second kappa shape index (κ2) is 6.75. The van der Waals surface area contributed by atoms with Gasteiger partial charge in [0, 0.05) is 0 Å². The molecule has 0 fully saturated rings. The van der Waals surface area contributed by atoms with Crippen LogP contribution in [0.1, 0.15) is 63.5 Å². The maximum Gasteiger partial charge on any atom is -0.0147 e. The Morgan fingerprint density at radius 1 is 0.895 bits per heavy atom. The lowest BCUT2D eigenvalue weighted by Gasteiger charge is -2.16. The van der Waals surface area contributed by atoms with Gasteiger partial charge in [0.1, 0.15) is 0 Å². The summed E-state index contributed by atoms with van der Waals surface area (Å²) in [5, 5.41) is 2.83. The predicted octanol–water partition coefficient (Wildman–Crippen LogP) is 6.09. The summed E-state index contributed by atoms with van der Waals surface area (Å²) in [6.45, 7) is 6.91. The molecule has 0 spiro atoms. The molecule has 0 heterocycles. The largest absolute Gasteiger partial charge is 0.0654 e. The second-order valence-corrected chi connectivity index (χ2v) is 5.82. The Bertz CT molecular complexity index is 523. The Hall–Kier alpha value is -1.30. The van der Waals surface area contributed by atoms with Crippen LogP contribution in [0.5, 0.6) is 0 Å². The van der Waals surface area contributed by atoms with Gasteiger partial charge < -0.3 is 0 Å². The lowest BCUT2D eigenvalue weighted by molar-refractivity contribution is 0.662. The zero-order chi connectivity index (χ0) is 13.7. The lowest BCUT2D eigenvalue weighted by atomic mass is 9.89. The first kappa shape index (κ1) is 14.1. The predicted molar refractivity (Wildman–Crippen MR) is 85.9 cm³/mol. The minimum Gasteiger partial charge on any atom is -0.0654 e. The van der Waals surface area contributed by atoms with Crippen LogP contribution in [0.2, 0.25) is 0 Å². The van der Waals surface area contributed by atoms with Gasteiger partial charge in [0.2, 0.25) is 0 Å². The fraction of sp³-hybridized carbons (Fsp3) is 0.474.